The summed E-state index contributed by atoms with van der Waals surface area (Å²) in [5.41, 5.74) is 0.302. The Bertz CT molecular complexity index is 445. The summed E-state index contributed by atoms with van der Waals surface area (Å²) in [5, 5.41) is 3.29. The number of nitrogens with zero attached hydrogens (tertiary/aromatic N) is 1. The molecule has 4 atom stereocenters. The number of amides is 2. The van der Waals surface area contributed by atoms with Crippen molar-refractivity contribution in [2.75, 3.05) is 32.9 Å². The topological polar surface area (TPSA) is 50.8 Å². The molecule has 0 radical (unpaired) electrons. The van der Waals surface area contributed by atoms with Gasteiger partial charge in [-0.1, -0.05) is 13.8 Å². The highest BCUT2D eigenvalue weighted by Gasteiger charge is 2.60. The van der Waals surface area contributed by atoms with E-state index in [4.69, 9.17) is 9.47 Å². The fourth-order valence-corrected chi connectivity index (χ4v) is 4.92. The van der Waals surface area contributed by atoms with Crippen molar-refractivity contribution in [1.82, 2.24) is 10.2 Å². The predicted molar refractivity (Wildman–Crippen MR) is 78.0 cm³/mol. The Kier molecular flexibility index (Phi) is 3.02. The highest BCUT2D eigenvalue weighted by Crippen LogP contribution is 2.52. The van der Waals surface area contributed by atoms with Gasteiger partial charge in [-0.25, -0.2) is 4.79 Å². The SMILES string of the molecule is CC1(C)C(NC(=O)N2CCC3(CCOC3)C2)C2CCOC21. The lowest BCUT2D eigenvalue weighted by Gasteiger charge is -2.54. The summed E-state index contributed by atoms with van der Waals surface area (Å²) in [4.78, 5) is 14.6. The van der Waals surface area contributed by atoms with Crippen LogP contribution in [0.3, 0.4) is 0 Å². The zero-order valence-corrected chi connectivity index (χ0v) is 13.1. The van der Waals surface area contributed by atoms with Gasteiger partial charge < -0.3 is 19.7 Å². The number of rotatable bonds is 1. The van der Waals surface area contributed by atoms with Crippen LogP contribution in [0.5, 0.6) is 0 Å². The smallest absolute Gasteiger partial charge is 0.317 e. The molecule has 2 amide bonds. The van der Waals surface area contributed by atoms with Crippen molar-refractivity contribution in [3.8, 4) is 0 Å². The standard InChI is InChI=1S/C16H26N2O3/c1-15(2)12(11-3-7-21-13(11)15)17-14(19)18-6-4-16(9-18)5-8-20-10-16/h11-13H,3-10H2,1-2H3,(H,17,19). The molecule has 4 aliphatic rings. The van der Waals surface area contributed by atoms with Crippen molar-refractivity contribution < 1.29 is 14.3 Å². The van der Waals surface area contributed by atoms with E-state index in [-0.39, 0.29) is 22.9 Å². The van der Waals surface area contributed by atoms with Gasteiger partial charge in [0.25, 0.3) is 0 Å². The van der Waals surface area contributed by atoms with E-state index in [1.807, 2.05) is 4.90 Å². The Morgan fingerprint density at radius 1 is 1.29 bits per heavy atom. The number of nitrogens with one attached hydrogen (secondary N) is 1. The molecule has 1 N–H and O–H groups in total. The van der Waals surface area contributed by atoms with Gasteiger partial charge in [-0.2, -0.15) is 0 Å². The minimum atomic E-state index is 0.0602. The fourth-order valence-electron chi connectivity index (χ4n) is 4.92. The highest BCUT2D eigenvalue weighted by atomic mass is 16.5. The number of ether oxygens (including phenoxy) is 2. The second-order valence-electron chi connectivity index (χ2n) is 7.97. The molecular weight excluding hydrogens is 268 g/mol. The van der Waals surface area contributed by atoms with Crippen LogP contribution in [0.15, 0.2) is 0 Å². The molecule has 118 valence electrons. The van der Waals surface area contributed by atoms with Gasteiger partial charge in [0, 0.05) is 49.1 Å². The number of hydrogen-bond acceptors (Lipinski definition) is 3. The van der Waals surface area contributed by atoms with E-state index in [1.54, 1.807) is 0 Å². The average molecular weight is 294 g/mol. The van der Waals surface area contributed by atoms with Crippen molar-refractivity contribution in [2.24, 2.45) is 16.7 Å². The largest absolute Gasteiger partial charge is 0.381 e. The number of carbonyl (C=O) groups is 1. The molecule has 0 aromatic carbocycles. The van der Waals surface area contributed by atoms with Gasteiger partial charge >= 0.3 is 6.03 Å². The van der Waals surface area contributed by atoms with Crippen LogP contribution in [0, 0.1) is 16.7 Å². The first kappa shape index (κ1) is 13.8. The Morgan fingerprint density at radius 3 is 2.90 bits per heavy atom. The van der Waals surface area contributed by atoms with Gasteiger partial charge in [0.1, 0.15) is 0 Å². The van der Waals surface area contributed by atoms with Crippen LogP contribution in [0.2, 0.25) is 0 Å². The Labute approximate surface area is 126 Å². The molecule has 0 aromatic rings. The van der Waals surface area contributed by atoms with E-state index in [2.05, 4.69) is 19.2 Å². The molecule has 0 aromatic heterocycles. The van der Waals surface area contributed by atoms with Crippen molar-refractivity contribution in [3.05, 3.63) is 0 Å². The van der Waals surface area contributed by atoms with Gasteiger partial charge in [-0.3, -0.25) is 0 Å². The molecular formula is C16H26N2O3. The third-order valence-electron chi connectivity index (χ3n) is 6.29. The van der Waals surface area contributed by atoms with E-state index in [0.29, 0.717) is 12.0 Å². The van der Waals surface area contributed by atoms with E-state index in [1.165, 1.54) is 0 Å². The summed E-state index contributed by atoms with van der Waals surface area (Å²) < 4.78 is 11.3. The summed E-state index contributed by atoms with van der Waals surface area (Å²) in [6.45, 7) is 8.66. The Morgan fingerprint density at radius 2 is 2.14 bits per heavy atom. The molecule has 5 nitrogen and oxygen atoms in total. The summed E-state index contributed by atoms with van der Waals surface area (Å²) in [7, 11) is 0. The third kappa shape index (κ3) is 2.00. The van der Waals surface area contributed by atoms with Gasteiger partial charge in [-0.05, 0) is 19.3 Å². The lowest BCUT2D eigenvalue weighted by atomic mass is 9.57. The molecule has 4 fully saturated rings. The van der Waals surface area contributed by atoms with E-state index < -0.39 is 0 Å². The normalized spacial score (nSPS) is 43.9. The molecule has 4 unspecified atom stereocenters. The first-order valence-electron chi connectivity index (χ1n) is 8.27. The molecule has 3 heterocycles. The van der Waals surface area contributed by atoms with Crippen LogP contribution in [0.4, 0.5) is 4.79 Å². The number of urea groups is 1. The van der Waals surface area contributed by atoms with E-state index >= 15 is 0 Å². The number of likely N-dealkylation sites (tertiary alicyclic amines) is 1. The average Bonchev–Trinajstić information content (AvgIpc) is 3.17. The highest BCUT2D eigenvalue weighted by molar-refractivity contribution is 5.75. The Balaban J connectivity index is 1.38. The molecule has 4 rings (SSSR count). The maximum Gasteiger partial charge on any atom is 0.317 e. The maximum absolute atomic E-state index is 12.6. The van der Waals surface area contributed by atoms with Crippen LogP contribution in [-0.2, 0) is 9.47 Å². The third-order valence-corrected chi connectivity index (χ3v) is 6.29. The molecule has 0 bridgehead atoms. The first-order valence-corrected chi connectivity index (χ1v) is 8.27. The maximum atomic E-state index is 12.6. The molecule has 1 spiro atoms. The van der Waals surface area contributed by atoms with Gasteiger partial charge in [0.15, 0.2) is 0 Å². The molecule has 3 saturated heterocycles. The number of carbonyl (C=O) groups excluding carboxylic acids is 1. The monoisotopic (exact) mass is 294 g/mol. The molecule has 3 aliphatic heterocycles. The molecule has 1 saturated carbocycles. The minimum absolute atomic E-state index is 0.0602. The summed E-state index contributed by atoms with van der Waals surface area (Å²) >= 11 is 0. The van der Waals surface area contributed by atoms with E-state index in [0.717, 1.165) is 52.2 Å². The lowest BCUT2D eigenvalue weighted by Crippen LogP contribution is -2.67. The summed E-state index contributed by atoms with van der Waals surface area (Å²) in [5.74, 6) is 0.510. The van der Waals surface area contributed by atoms with Crippen molar-refractivity contribution in [2.45, 2.75) is 45.3 Å². The quantitative estimate of drug-likeness (QED) is 0.799. The number of hydrogen-bond donors (Lipinski definition) is 1. The predicted octanol–water partition coefficient (Wildman–Crippen LogP) is 1.62. The zero-order valence-electron chi connectivity index (χ0n) is 13.1. The van der Waals surface area contributed by atoms with Crippen molar-refractivity contribution >= 4 is 6.03 Å². The van der Waals surface area contributed by atoms with Crippen molar-refractivity contribution in [1.29, 1.82) is 0 Å². The molecule has 5 heteroatoms. The minimum Gasteiger partial charge on any atom is -0.381 e. The first-order chi connectivity index (χ1) is 10.0. The van der Waals surface area contributed by atoms with Gasteiger partial charge in [0.05, 0.1) is 12.7 Å². The van der Waals surface area contributed by atoms with Crippen LogP contribution < -0.4 is 5.32 Å². The van der Waals surface area contributed by atoms with Crippen LogP contribution >= 0.6 is 0 Å². The number of fused-ring (bicyclic) bond motifs is 1. The Hall–Kier alpha value is -0.810. The summed E-state index contributed by atoms with van der Waals surface area (Å²) in [6, 6.07) is 0.371. The van der Waals surface area contributed by atoms with Crippen LogP contribution in [-0.4, -0.2) is 56.0 Å². The van der Waals surface area contributed by atoms with Gasteiger partial charge in [0.2, 0.25) is 0 Å². The van der Waals surface area contributed by atoms with Crippen molar-refractivity contribution in [3.63, 3.8) is 0 Å². The molecule has 1 aliphatic carbocycles. The summed E-state index contributed by atoms with van der Waals surface area (Å²) in [6.07, 6.45) is 3.60. The lowest BCUT2D eigenvalue weighted by molar-refractivity contribution is -0.109. The molecule has 21 heavy (non-hydrogen) atoms. The van der Waals surface area contributed by atoms with E-state index in [9.17, 15) is 4.79 Å². The van der Waals surface area contributed by atoms with Crippen LogP contribution in [0.1, 0.15) is 33.1 Å². The second-order valence-corrected chi connectivity index (χ2v) is 7.97. The van der Waals surface area contributed by atoms with Crippen LogP contribution in [0.25, 0.3) is 0 Å². The zero-order chi connectivity index (χ0) is 14.7. The second kappa shape index (κ2) is 4.59. The van der Waals surface area contributed by atoms with Gasteiger partial charge in [-0.15, -0.1) is 0 Å². The fraction of sp³-hybridized carbons (Fsp3) is 0.938.